The van der Waals surface area contributed by atoms with Crippen LogP contribution in [0.1, 0.15) is 17.0 Å². The van der Waals surface area contributed by atoms with E-state index in [9.17, 15) is 9.50 Å². The number of aromatic hydroxyl groups is 1. The van der Waals surface area contributed by atoms with Crippen molar-refractivity contribution in [3.8, 4) is 5.75 Å². The normalized spacial score (nSPS) is 12.5. The first-order valence-corrected chi connectivity index (χ1v) is 4.04. The minimum Gasteiger partial charge on any atom is -0.507 e. The van der Waals surface area contributed by atoms with Crippen LogP contribution >= 0.6 is 0 Å². The number of halogens is 1. The zero-order valence-electron chi connectivity index (χ0n) is 7.33. The van der Waals surface area contributed by atoms with Crippen LogP contribution in [0.4, 0.5) is 4.39 Å². The SMILES string of the molecule is [CH2]C(CF)c1cccc(O)c1C=C. The lowest BCUT2D eigenvalue weighted by Crippen LogP contribution is -1.98. The van der Waals surface area contributed by atoms with Gasteiger partial charge in [-0.05, 0) is 18.6 Å². The van der Waals surface area contributed by atoms with Gasteiger partial charge in [-0.2, -0.15) is 0 Å². The van der Waals surface area contributed by atoms with E-state index >= 15 is 0 Å². The van der Waals surface area contributed by atoms with Crippen molar-refractivity contribution in [1.29, 1.82) is 0 Å². The van der Waals surface area contributed by atoms with Gasteiger partial charge in [-0.1, -0.05) is 24.8 Å². The Kier molecular flexibility index (Phi) is 3.07. The quantitative estimate of drug-likeness (QED) is 0.756. The predicted octanol–water partition coefficient (Wildman–Crippen LogP) is 2.92. The molecule has 1 radical (unpaired) electrons. The maximum atomic E-state index is 12.3. The molecule has 1 atom stereocenters. The fourth-order valence-corrected chi connectivity index (χ4v) is 1.23. The van der Waals surface area contributed by atoms with Crippen LogP contribution in [0.2, 0.25) is 0 Å². The first-order valence-electron chi connectivity index (χ1n) is 4.04. The van der Waals surface area contributed by atoms with Gasteiger partial charge in [0.05, 0.1) is 6.67 Å². The average Bonchev–Trinajstić information content (AvgIpc) is 2.16. The third-order valence-corrected chi connectivity index (χ3v) is 1.95. The van der Waals surface area contributed by atoms with Crippen molar-refractivity contribution in [2.75, 3.05) is 6.67 Å². The van der Waals surface area contributed by atoms with Crippen molar-refractivity contribution in [2.24, 2.45) is 0 Å². The lowest BCUT2D eigenvalue weighted by molar-refractivity contribution is 0.457. The van der Waals surface area contributed by atoms with Gasteiger partial charge in [0.15, 0.2) is 0 Å². The highest BCUT2D eigenvalue weighted by atomic mass is 19.1. The number of phenolic OH excluding ortho intramolecular Hbond substituents is 1. The van der Waals surface area contributed by atoms with E-state index in [1.165, 1.54) is 6.08 Å². The summed E-state index contributed by atoms with van der Waals surface area (Å²) < 4.78 is 12.3. The zero-order valence-corrected chi connectivity index (χ0v) is 7.33. The summed E-state index contributed by atoms with van der Waals surface area (Å²) in [6.45, 7) is 6.66. The van der Waals surface area contributed by atoms with E-state index in [2.05, 4.69) is 13.5 Å². The number of hydrogen-bond acceptors (Lipinski definition) is 1. The highest BCUT2D eigenvalue weighted by Gasteiger charge is 2.10. The van der Waals surface area contributed by atoms with Gasteiger partial charge in [-0.15, -0.1) is 0 Å². The van der Waals surface area contributed by atoms with Crippen molar-refractivity contribution in [3.63, 3.8) is 0 Å². The minimum absolute atomic E-state index is 0.120. The molecule has 0 saturated carbocycles. The second kappa shape index (κ2) is 4.08. The van der Waals surface area contributed by atoms with Gasteiger partial charge in [0, 0.05) is 11.5 Å². The number of alkyl halides is 1. The van der Waals surface area contributed by atoms with Gasteiger partial charge >= 0.3 is 0 Å². The van der Waals surface area contributed by atoms with Crippen LogP contribution in [0.3, 0.4) is 0 Å². The van der Waals surface area contributed by atoms with Crippen LogP contribution in [0.15, 0.2) is 24.8 Å². The number of hydrogen-bond donors (Lipinski definition) is 1. The Labute approximate surface area is 77.5 Å². The standard InChI is InChI=1S/C11H12FO/c1-3-9-10(8(2)7-12)5-4-6-11(9)13/h3-6,8,13H,1-2,7H2. The summed E-state index contributed by atoms with van der Waals surface area (Å²) in [6, 6.07) is 4.96. The highest BCUT2D eigenvalue weighted by Crippen LogP contribution is 2.27. The minimum atomic E-state index is -0.537. The third-order valence-electron chi connectivity index (χ3n) is 1.95. The smallest absolute Gasteiger partial charge is 0.123 e. The van der Waals surface area contributed by atoms with E-state index in [-0.39, 0.29) is 5.75 Å². The maximum absolute atomic E-state index is 12.3. The lowest BCUT2D eigenvalue weighted by atomic mass is 9.96. The molecular weight excluding hydrogens is 167 g/mol. The van der Waals surface area contributed by atoms with E-state index in [1.54, 1.807) is 18.2 Å². The number of rotatable bonds is 3. The molecule has 1 N–H and O–H groups in total. The van der Waals surface area contributed by atoms with Gasteiger partial charge in [0.2, 0.25) is 0 Å². The van der Waals surface area contributed by atoms with Crippen LogP contribution in [-0.2, 0) is 0 Å². The monoisotopic (exact) mass is 179 g/mol. The van der Waals surface area contributed by atoms with Gasteiger partial charge in [-0.3, -0.25) is 4.39 Å². The summed E-state index contributed by atoms with van der Waals surface area (Å²) in [5, 5.41) is 9.41. The molecule has 2 heteroatoms. The molecule has 0 aliphatic heterocycles. The Morgan fingerprint density at radius 3 is 2.77 bits per heavy atom. The summed E-state index contributed by atoms with van der Waals surface area (Å²) in [5.74, 6) is -0.324. The molecule has 1 unspecified atom stereocenters. The Morgan fingerprint density at radius 2 is 2.23 bits per heavy atom. The molecule has 0 heterocycles. The average molecular weight is 179 g/mol. The van der Waals surface area contributed by atoms with E-state index in [4.69, 9.17) is 0 Å². The summed E-state index contributed by atoms with van der Waals surface area (Å²) in [4.78, 5) is 0. The molecular formula is C11H12FO. The van der Waals surface area contributed by atoms with E-state index < -0.39 is 12.6 Å². The van der Waals surface area contributed by atoms with Crippen LogP contribution in [-0.4, -0.2) is 11.8 Å². The van der Waals surface area contributed by atoms with Crippen molar-refractivity contribution < 1.29 is 9.50 Å². The molecule has 0 saturated heterocycles. The summed E-state index contributed by atoms with van der Waals surface area (Å²) in [5.41, 5.74) is 1.26. The molecule has 1 rings (SSSR count). The van der Waals surface area contributed by atoms with E-state index in [1.807, 2.05) is 0 Å². The molecule has 0 fully saturated rings. The molecule has 0 aliphatic rings. The Bertz CT molecular complexity index is 307. The van der Waals surface area contributed by atoms with E-state index in [0.29, 0.717) is 11.1 Å². The predicted molar refractivity (Wildman–Crippen MR) is 52.3 cm³/mol. The molecule has 0 spiro atoms. The fourth-order valence-electron chi connectivity index (χ4n) is 1.23. The van der Waals surface area contributed by atoms with Crippen molar-refractivity contribution in [2.45, 2.75) is 5.92 Å². The summed E-state index contributed by atoms with van der Waals surface area (Å²) >= 11 is 0. The van der Waals surface area contributed by atoms with Crippen molar-refractivity contribution in [1.82, 2.24) is 0 Å². The molecule has 69 valence electrons. The zero-order chi connectivity index (χ0) is 9.84. The molecule has 0 aliphatic carbocycles. The summed E-state index contributed by atoms with van der Waals surface area (Å²) in [7, 11) is 0. The second-order valence-corrected chi connectivity index (χ2v) is 2.84. The molecule has 13 heavy (non-hydrogen) atoms. The van der Waals surface area contributed by atoms with Crippen LogP contribution in [0.25, 0.3) is 6.08 Å². The topological polar surface area (TPSA) is 20.2 Å². The molecule has 1 aromatic rings. The molecule has 1 nitrogen and oxygen atoms in total. The van der Waals surface area contributed by atoms with Gasteiger partial charge in [0.25, 0.3) is 0 Å². The lowest BCUT2D eigenvalue weighted by Gasteiger charge is -2.11. The third kappa shape index (κ3) is 1.89. The van der Waals surface area contributed by atoms with Crippen LogP contribution in [0, 0.1) is 6.92 Å². The van der Waals surface area contributed by atoms with Gasteiger partial charge in [-0.25, -0.2) is 0 Å². The highest BCUT2D eigenvalue weighted by molar-refractivity contribution is 5.60. The Morgan fingerprint density at radius 1 is 1.54 bits per heavy atom. The maximum Gasteiger partial charge on any atom is 0.123 e. The molecule has 0 aromatic heterocycles. The second-order valence-electron chi connectivity index (χ2n) is 2.84. The summed E-state index contributed by atoms with van der Waals surface area (Å²) in [6.07, 6.45) is 1.51. The van der Waals surface area contributed by atoms with Crippen molar-refractivity contribution >= 4 is 6.08 Å². The van der Waals surface area contributed by atoms with Crippen LogP contribution in [0.5, 0.6) is 5.75 Å². The molecule has 0 amide bonds. The van der Waals surface area contributed by atoms with Crippen LogP contribution < -0.4 is 0 Å². The fraction of sp³-hybridized carbons (Fsp3) is 0.182. The Balaban J connectivity index is 3.19. The number of phenols is 1. The first-order chi connectivity index (χ1) is 6.20. The number of benzene rings is 1. The van der Waals surface area contributed by atoms with E-state index in [0.717, 1.165) is 0 Å². The van der Waals surface area contributed by atoms with Crippen molar-refractivity contribution in [3.05, 3.63) is 42.8 Å². The molecule has 0 bridgehead atoms. The van der Waals surface area contributed by atoms with Gasteiger partial charge < -0.3 is 5.11 Å². The molecule has 1 aromatic carbocycles. The Hall–Kier alpha value is -1.31. The van der Waals surface area contributed by atoms with Gasteiger partial charge in [0.1, 0.15) is 5.75 Å². The first kappa shape index (κ1) is 9.78. The largest absolute Gasteiger partial charge is 0.507 e.